The molecule has 0 aromatic rings. The van der Waals surface area contributed by atoms with Gasteiger partial charge >= 0.3 is 5.97 Å². The van der Waals surface area contributed by atoms with E-state index >= 15 is 0 Å². The molecule has 0 bridgehead atoms. The number of methoxy groups -OCH3 is 1. The van der Waals surface area contributed by atoms with Crippen LogP contribution in [0.1, 0.15) is 51.4 Å². The van der Waals surface area contributed by atoms with Gasteiger partial charge in [-0.25, -0.2) is 0 Å². The van der Waals surface area contributed by atoms with Gasteiger partial charge in [0, 0.05) is 6.04 Å². The maximum Gasteiger partial charge on any atom is 0.307 e. The number of hydrogen-bond donors (Lipinski definition) is 1. The normalized spacial score (nSPS) is 24.5. The number of piperidine rings is 1. The van der Waals surface area contributed by atoms with Gasteiger partial charge in [-0.05, 0) is 45.1 Å². The predicted octanol–water partition coefficient (Wildman–Crippen LogP) is 1.36. The van der Waals surface area contributed by atoms with Gasteiger partial charge in [0.15, 0.2) is 0 Å². The fourth-order valence-corrected chi connectivity index (χ4v) is 3.51. The molecule has 2 fully saturated rings. The molecular formula is C16H25N3O3. The van der Waals surface area contributed by atoms with Gasteiger partial charge < -0.3 is 10.1 Å². The van der Waals surface area contributed by atoms with Crippen molar-refractivity contribution in [1.82, 2.24) is 10.2 Å². The van der Waals surface area contributed by atoms with E-state index in [0.29, 0.717) is 6.42 Å². The van der Waals surface area contributed by atoms with Crippen molar-refractivity contribution in [2.45, 2.75) is 62.9 Å². The topological polar surface area (TPSA) is 82.4 Å². The van der Waals surface area contributed by atoms with Crippen molar-refractivity contribution in [3.8, 4) is 6.07 Å². The predicted molar refractivity (Wildman–Crippen MR) is 80.8 cm³/mol. The lowest BCUT2D eigenvalue weighted by atomic mass is 9.98. The summed E-state index contributed by atoms with van der Waals surface area (Å²) in [6, 6.07) is 2.34. The number of carbonyl (C=O) groups is 2. The van der Waals surface area contributed by atoms with Gasteiger partial charge in [-0.3, -0.25) is 14.5 Å². The minimum atomic E-state index is -0.676. The Hall–Kier alpha value is -1.61. The van der Waals surface area contributed by atoms with Crippen LogP contribution in [0.15, 0.2) is 0 Å². The number of likely N-dealkylation sites (tertiary alicyclic amines) is 1. The highest BCUT2D eigenvalue weighted by atomic mass is 16.5. The van der Waals surface area contributed by atoms with E-state index in [2.05, 4.69) is 16.3 Å². The fraction of sp³-hybridized carbons (Fsp3) is 0.812. The van der Waals surface area contributed by atoms with E-state index in [4.69, 9.17) is 4.74 Å². The SMILES string of the molecule is COC(=O)C[C@H]1CCCCN1CC(=O)NC1(C#N)CCCC1. The number of nitrogens with zero attached hydrogens (tertiary/aromatic N) is 2. The molecule has 1 saturated heterocycles. The van der Waals surface area contributed by atoms with E-state index in [9.17, 15) is 14.9 Å². The van der Waals surface area contributed by atoms with Crippen LogP contribution in [-0.4, -0.2) is 48.6 Å². The van der Waals surface area contributed by atoms with Crippen LogP contribution in [0.25, 0.3) is 0 Å². The second kappa shape index (κ2) is 7.59. The van der Waals surface area contributed by atoms with Gasteiger partial charge in [-0.15, -0.1) is 0 Å². The molecule has 1 amide bonds. The summed E-state index contributed by atoms with van der Waals surface area (Å²) in [4.78, 5) is 25.9. The number of ether oxygens (including phenoxy) is 1. The van der Waals surface area contributed by atoms with E-state index in [1.807, 2.05) is 0 Å². The molecule has 1 aliphatic carbocycles. The van der Waals surface area contributed by atoms with Crippen molar-refractivity contribution in [3.05, 3.63) is 0 Å². The lowest BCUT2D eigenvalue weighted by molar-refractivity contribution is -0.143. The Labute approximate surface area is 131 Å². The lowest BCUT2D eigenvalue weighted by Crippen LogP contribution is -2.52. The number of nitriles is 1. The van der Waals surface area contributed by atoms with Crippen LogP contribution in [0.4, 0.5) is 0 Å². The number of esters is 1. The molecule has 122 valence electrons. The van der Waals surface area contributed by atoms with Crippen LogP contribution in [-0.2, 0) is 14.3 Å². The van der Waals surface area contributed by atoms with Crippen LogP contribution in [0.2, 0.25) is 0 Å². The van der Waals surface area contributed by atoms with Crippen LogP contribution in [0, 0.1) is 11.3 Å². The van der Waals surface area contributed by atoms with Crippen LogP contribution >= 0.6 is 0 Å². The highest BCUT2D eigenvalue weighted by Gasteiger charge is 2.36. The second-order valence-corrected chi connectivity index (χ2v) is 6.35. The lowest BCUT2D eigenvalue weighted by Gasteiger charge is -2.35. The maximum atomic E-state index is 12.3. The minimum absolute atomic E-state index is 0.0635. The molecule has 6 nitrogen and oxygen atoms in total. The number of nitrogens with one attached hydrogen (secondary N) is 1. The highest BCUT2D eigenvalue weighted by molar-refractivity contribution is 5.79. The molecule has 0 spiro atoms. The highest BCUT2D eigenvalue weighted by Crippen LogP contribution is 2.29. The molecule has 0 radical (unpaired) electrons. The van der Waals surface area contributed by atoms with Gasteiger partial charge in [0.1, 0.15) is 5.54 Å². The van der Waals surface area contributed by atoms with Crippen molar-refractivity contribution in [2.24, 2.45) is 0 Å². The zero-order valence-electron chi connectivity index (χ0n) is 13.3. The monoisotopic (exact) mass is 307 g/mol. The Kier molecular flexibility index (Phi) is 5.78. The van der Waals surface area contributed by atoms with Crippen molar-refractivity contribution >= 4 is 11.9 Å². The van der Waals surface area contributed by atoms with Gasteiger partial charge in [0.2, 0.25) is 5.91 Å². The van der Waals surface area contributed by atoms with E-state index in [1.165, 1.54) is 7.11 Å². The average molecular weight is 307 g/mol. The Morgan fingerprint density at radius 1 is 1.32 bits per heavy atom. The second-order valence-electron chi connectivity index (χ2n) is 6.35. The summed E-state index contributed by atoms with van der Waals surface area (Å²) < 4.78 is 4.74. The molecule has 1 heterocycles. The summed E-state index contributed by atoms with van der Waals surface area (Å²) in [7, 11) is 1.39. The molecule has 1 atom stereocenters. The molecule has 1 aliphatic heterocycles. The van der Waals surface area contributed by atoms with E-state index in [1.54, 1.807) is 0 Å². The van der Waals surface area contributed by atoms with Gasteiger partial charge in [-0.1, -0.05) is 6.42 Å². The van der Waals surface area contributed by atoms with E-state index in [-0.39, 0.29) is 24.5 Å². The molecular weight excluding hydrogens is 282 g/mol. The third-order valence-electron chi connectivity index (χ3n) is 4.78. The zero-order chi connectivity index (χ0) is 16.0. The summed E-state index contributed by atoms with van der Waals surface area (Å²) in [6.07, 6.45) is 6.79. The number of amides is 1. The fourth-order valence-electron chi connectivity index (χ4n) is 3.51. The van der Waals surface area contributed by atoms with Crippen LogP contribution in [0.5, 0.6) is 0 Å². The number of hydrogen-bond acceptors (Lipinski definition) is 5. The van der Waals surface area contributed by atoms with Gasteiger partial charge in [0.25, 0.3) is 0 Å². The Bertz CT molecular complexity index is 452. The molecule has 1 N–H and O–H groups in total. The molecule has 0 aromatic heterocycles. The van der Waals surface area contributed by atoms with Crippen LogP contribution in [0.3, 0.4) is 0 Å². The summed E-state index contributed by atoms with van der Waals surface area (Å²) in [5, 5.41) is 12.3. The first kappa shape index (κ1) is 16.8. The number of carbonyl (C=O) groups excluding carboxylic acids is 2. The number of rotatable bonds is 5. The zero-order valence-corrected chi connectivity index (χ0v) is 13.3. The summed E-state index contributed by atoms with van der Waals surface area (Å²) >= 11 is 0. The molecule has 1 saturated carbocycles. The molecule has 22 heavy (non-hydrogen) atoms. The first-order chi connectivity index (χ1) is 10.6. The third kappa shape index (κ3) is 4.20. The van der Waals surface area contributed by atoms with Crippen molar-refractivity contribution in [1.29, 1.82) is 5.26 Å². The molecule has 2 rings (SSSR count). The Morgan fingerprint density at radius 2 is 2.05 bits per heavy atom. The van der Waals surface area contributed by atoms with Gasteiger partial charge in [-0.2, -0.15) is 5.26 Å². The van der Waals surface area contributed by atoms with Crippen molar-refractivity contribution < 1.29 is 14.3 Å². The summed E-state index contributed by atoms with van der Waals surface area (Å²) in [5.74, 6) is -0.346. The van der Waals surface area contributed by atoms with E-state index in [0.717, 1.165) is 51.5 Å². The van der Waals surface area contributed by atoms with E-state index < -0.39 is 5.54 Å². The standard InChI is InChI=1S/C16H25N3O3/c1-22-15(21)10-13-6-2-5-9-19(13)11-14(20)18-16(12-17)7-3-4-8-16/h13H,2-11H2,1H3,(H,18,20)/t13-/m1/s1. The summed E-state index contributed by atoms with van der Waals surface area (Å²) in [6.45, 7) is 1.07. The molecule has 0 unspecified atom stereocenters. The van der Waals surface area contributed by atoms with Crippen molar-refractivity contribution in [2.75, 3.05) is 20.2 Å². The maximum absolute atomic E-state index is 12.3. The average Bonchev–Trinajstić information content (AvgIpc) is 2.98. The molecule has 0 aromatic carbocycles. The molecule has 6 heteroatoms. The summed E-state index contributed by atoms with van der Waals surface area (Å²) in [5.41, 5.74) is -0.676. The largest absolute Gasteiger partial charge is 0.469 e. The first-order valence-electron chi connectivity index (χ1n) is 8.12. The Morgan fingerprint density at radius 3 is 2.68 bits per heavy atom. The first-order valence-corrected chi connectivity index (χ1v) is 8.12. The quantitative estimate of drug-likeness (QED) is 0.775. The minimum Gasteiger partial charge on any atom is -0.469 e. The van der Waals surface area contributed by atoms with Gasteiger partial charge in [0.05, 0.1) is 26.1 Å². The smallest absolute Gasteiger partial charge is 0.307 e. The Balaban J connectivity index is 1.90. The molecule has 2 aliphatic rings. The third-order valence-corrected chi connectivity index (χ3v) is 4.78. The van der Waals surface area contributed by atoms with Crippen molar-refractivity contribution in [3.63, 3.8) is 0 Å². The van der Waals surface area contributed by atoms with Crippen LogP contribution < -0.4 is 5.32 Å².